The summed E-state index contributed by atoms with van der Waals surface area (Å²) in [6.45, 7) is 0. The van der Waals surface area contributed by atoms with Gasteiger partial charge in [0.2, 0.25) is 0 Å². The van der Waals surface area contributed by atoms with Crippen LogP contribution in [0.1, 0.15) is 0 Å². The number of benzene rings is 27. The number of hydrogen-bond acceptors (Lipinski definition) is 0. The topological polar surface area (TPSA) is 0 Å². The molecule has 27 aromatic carbocycles. The van der Waals surface area contributed by atoms with Crippen molar-refractivity contribution in [2.24, 2.45) is 0 Å². The first-order valence-electron chi connectivity index (χ1n) is 52.4. The fourth-order valence-electron chi connectivity index (χ4n) is 27.1. The fourth-order valence-corrected chi connectivity index (χ4v) is 27.1. The molecular formula is C150H90. The zero-order valence-corrected chi connectivity index (χ0v) is 82.0. The van der Waals surface area contributed by atoms with E-state index in [1.54, 1.807) is 0 Å². The standard InChI is InChI=1S/C150H90/c1-17-49-91(50-18-1)119-115-89-117-118(90-116(115)120(92-51-19-2-20-52-92)140-108-82-86-112-137-111(85-81-107(135(108)137)139(119)140)143-131(103-73-41-13-42-74-103)147-127(99-65-33-9-34-66-99)123(95-57-25-5-26-58-95)124(96-59-27-6-28-60-96)128(100-67-35-10-36-68-100)148(147)132(144(112)143)104-75-43-14-44-76-104)122(94-55-23-4-24-56-94)142-110-84-88-114-138-113(87-83-109(136(110)138)141(142)121(117)93-53-21-3-22-54-93)145-133(105-77-45-15-46-78-105)149-129(101-69-37-11-38-70-101)125(97-61-29-7-30-62-97)126(98-63-31-8-32-64-98)130(102-71-39-12-40-72-102)150(149)134(146(114)145)106-79-47-16-48-80-106/h1-90H. The summed E-state index contributed by atoms with van der Waals surface area (Å²) >= 11 is 0. The van der Waals surface area contributed by atoms with Crippen molar-refractivity contribution in [2.75, 3.05) is 0 Å². The molecule has 0 amide bonds. The summed E-state index contributed by atoms with van der Waals surface area (Å²) < 4.78 is 0. The third-order valence-corrected chi connectivity index (χ3v) is 32.7. The summed E-state index contributed by atoms with van der Waals surface area (Å²) in [6.07, 6.45) is 0. The molecule has 0 fully saturated rings. The van der Waals surface area contributed by atoms with Crippen molar-refractivity contribution in [3.63, 3.8) is 0 Å². The highest BCUT2D eigenvalue weighted by molar-refractivity contribution is 6.39. The van der Waals surface area contributed by atoms with Crippen LogP contribution in [0.2, 0.25) is 0 Å². The maximum Gasteiger partial charge on any atom is -0.0000932 e. The van der Waals surface area contributed by atoms with Gasteiger partial charge in [-0.3, -0.25) is 0 Å². The molecule has 0 atom stereocenters. The Morgan fingerprint density at radius 1 is 0.0800 bits per heavy atom. The van der Waals surface area contributed by atoms with Crippen molar-refractivity contribution in [2.45, 2.75) is 0 Å². The molecule has 0 aromatic heterocycles. The SMILES string of the molecule is c1ccc(-c2c(-c3ccccc3)c(-c3ccccc3)c3c(-c4ccccc4)c4c(c(-c5ccccc5)c3c2-c2ccccc2)-c2ccc3c5c(ccc-4c25)-c2c-3c(-c3ccccc3)c3cc4c(-c5ccccc5)c5c(c(-c6ccccc6)c4cc3c2-c2ccccc2)=c2ccc3c4c(ccc=5c24)=c2c(-c4ccccc4)c4c(-c5ccccc5)c(-c5ccccc5)c(-c5ccccc5)c(-c5ccccc5)c4c(-c4ccccc4)c2=3)cc1. The molecule has 31 rings (SSSR count). The smallest absolute Gasteiger partial charge is 0.0000932 e. The van der Waals surface area contributed by atoms with Crippen LogP contribution < -0.4 is 0 Å². The van der Waals surface area contributed by atoms with Gasteiger partial charge in [0.1, 0.15) is 0 Å². The Morgan fingerprint density at radius 3 is 0.407 bits per heavy atom. The molecule has 0 heterocycles. The van der Waals surface area contributed by atoms with Gasteiger partial charge in [0.05, 0.1) is 0 Å². The second-order valence-electron chi connectivity index (χ2n) is 40.4. The predicted octanol–water partition coefficient (Wildman–Crippen LogP) is 40.3. The van der Waals surface area contributed by atoms with Gasteiger partial charge >= 0.3 is 0 Å². The van der Waals surface area contributed by atoms with Gasteiger partial charge in [0.15, 0.2) is 0 Å². The van der Waals surface area contributed by atoms with E-state index in [0.29, 0.717) is 0 Å². The average molecular weight is 1890 g/mol. The first kappa shape index (κ1) is 85.0. The van der Waals surface area contributed by atoms with E-state index >= 15 is 0 Å². The highest BCUT2D eigenvalue weighted by atomic mass is 14.4. The van der Waals surface area contributed by atoms with E-state index in [1.807, 2.05) is 0 Å². The molecule has 0 nitrogen and oxygen atoms in total. The van der Waals surface area contributed by atoms with Crippen molar-refractivity contribution < 1.29 is 0 Å². The molecule has 0 saturated carbocycles. The van der Waals surface area contributed by atoms with Crippen molar-refractivity contribution in [1.82, 2.24) is 0 Å². The molecular weight excluding hydrogens is 1800 g/mol. The van der Waals surface area contributed by atoms with Gasteiger partial charge in [-0.1, -0.05) is 534 Å². The lowest BCUT2D eigenvalue weighted by atomic mass is 9.73. The van der Waals surface area contributed by atoms with Crippen LogP contribution in [0.15, 0.2) is 546 Å². The summed E-state index contributed by atoms with van der Waals surface area (Å²) in [6, 6.07) is 208. The summed E-state index contributed by atoms with van der Waals surface area (Å²) in [5.41, 5.74) is 47.6. The van der Waals surface area contributed by atoms with Crippen LogP contribution >= 0.6 is 0 Å². The average Bonchev–Trinajstić information content (AvgIpc) is 1.49. The van der Waals surface area contributed by atoms with E-state index in [9.17, 15) is 0 Å². The van der Waals surface area contributed by atoms with Crippen molar-refractivity contribution in [3.05, 3.63) is 588 Å². The fraction of sp³-hybridized carbons (Fsp3) is 0. The third kappa shape index (κ3) is 12.5. The first-order chi connectivity index (χ1) is 74.6. The molecule has 0 N–H and O–H groups in total. The van der Waals surface area contributed by atoms with Gasteiger partial charge in [-0.2, -0.15) is 0 Å². The maximum absolute atomic E-state index is 2.67. The number of rotatable bonds is 16. The largest absolute Gasteiger partial charge is 0.0622 e. The molecule has 0 bridgehead atoms. The van der Waals surface area contributed by atoms with E-state index in [0.717, 1.165) is 89.0 Å². The van der Waals surface area contributed by atoms with Gasteiger partial charge in [-0.05, 0) is 341 Å². The molecule has 0 saturated heterocycles. The molecule has 4 aliphatic carbocycles. The summed E-state index contributed by atoms with van der Waals surface area (Å²) in [7, 11) is 0. The lowest BCUT2D eigenvalue weighted by Crippen LogP contribution is -2.02. The third-order valence-electron chi connectivity index (χ3n) is 32.7. The minimum Gasteiger partial charge on any atom is -0.0622 e. The second-order valence-corrected chi connectivity index (χ2v) is 40.4. The van der Waals surface area contributed by atoms with Crippen LogP contribution in [-0.4, -0.2) is 0 Å². The highest BCUT2D eigenvalue weighted by Gasteiger charge is 2.42. The van der Waals surface area contributed by atoms with Crippen LogP contribution in [0.5, 0.6) is 0 Å². The molecule has 0 unspecified atom stereocenters. The molecule has 0 heteroatoms. The minimum absolute atomic E-state index is 1.15. The molecule has 0 spiro atoms. The van der Waals surface area contributed by atoms with E-state index in [-0.39, 0.29) is 0 Å². The lowest BCUT2D eigenvalue weighted by Gasteiger charge is -2.29. The first-order valence-corrected chi connectivity index (χ1v) is 52.4. The Hall–Kier alpha value is -19.5. The minimum atomic E-state index is 1.15. The predicted molar refractivity (Wildman–Crippen MR) is 631 cm³/mol. The Labute approximate surface area is 868 Å². The van der Waals surface area contributed by atoms with Crippen LogP contribution in [-0.2, 0) is 0 Å². The van der Waals surface area contributed by atoms with E-state index in [1.165, 1.54) is 240 Å². The molecule has 0 aliphatic heterocycles. The van der Waals surface area contributed by atoms with Crippen molar-refractivity contribution in [3.8, 4) is 223 Å². The number of fused-ring (bicyclic) bond motifs is 12. The molecule has 0 radical (unpaired) electrons. The summed E-state index contributed by atoms with van der Waals surface area (Å²) in [5, 5.41) is 24.6. The van der Waals surface area contributed by atoms with E-state index < -0.39 is 0 Å². The number of hydrogen-bond donors (Lipinski definition) is 0. The zero-order valence-electron chi connectivity index (χ0n) is 82.0. The molecule has 690 valence electrons. The quantitative estimate of drug-likeness (QED) is 0.0846. The Kier molecular flexibility index (Phi) is 19.3. The van der Waals surface area contributed by atoms with Gasteiger partial charge in [-0.15, -0.1) is 0 Å². The monoisotopic (exact) mass is 1890 g/mol. The van der Waals surface area contributed by atoms with Crippen LogP contribution in [0.25, 0.3) is 287 Å². The van der Waals surface area contributed by atoms with Gasteiger partial charge in [-0.25, -0.2) is 0 Å². The molecule has 4 aliphatic rings. The normalized spacial score (nSPS) is 12.0. The second kappa shape index (κ2) is 34.1. The van der Waals surface area contributed by atoms with E-state index in [4.69, 9.17) is 0 Å². The van der Waals surface area contributed by atoms with Crippen LogP contribution in [0.4, 0.5) is 0 Å². The summed E-state index contributed by atoms with van der Waals surface area (Å²) in [5.74, 6) is 0. The lowest BCUT2D eigenvalue weighted by molar-refractivity contribution is 1.47. The van der Waals surface area contributed by atoms with Crippen molar-refractivity contribution in [1.29, 1.82) is 0 Å². The van der Waals surface area contributed by atoms with Crippen LogP contribution in [0, 0.1) is 41.7 Å². The molecule has 27 aromatic rings. The highest BCUT2D eigenvalue weighted by Crippen LogP contribution is 2.69. The van der Waals surface area contributed by atoms with Gasteiger partial charge < -0.3 is 0 Å². The Balaban J connectivity index is 0.763. The van der Waals surface area contributed by atoms with Gasteiger partial charge in [0, 0.05) is 0 Å². The Morgan fingerprint density at radius 2 is 0.213 bits per heavy atom. The Bertz CT molecular complexity index is 10200. The van der Waals surface area contributed by atoms with Crippen molar-refractivity contribution >= 4 is 64.6 Å². The molecule has 150 heavy (non-hydrogen) atoms. The van der Waals surface area contributed by atoms with Gasteiger partial charge in [0.25, 0.3) is 0 Å². The maximum atomic E-state index is 2.67. The van der Waals surface area contributed by atoms with E-state index in [2.05, 4.69) is 546 Å². The zero-order chi connectivity index (χ0) is 98.3. The van der Waals surface area contributed by atoms with Crippen LogP contribution in [0.3, 0.4) is 0 Å². The summed E-state index contributed by atoms with van der Waals surface area (Å²) in [4.78, 5) is 0.